The molecule has 1 aromatic carbocycles. The van der Waals surface area contributed by atoms with E-state index in [2.05, 4.69) is 4.98 Å². The van der Waals surface area contributed by atoms with Crippen molar-refractivity contribution in [3.05, 3.63) is 18.0 Å². The number of benzene rings is 1. The Hall–Kier alpha value is -2.22. The predicted molar refractivity (Wildman–Crippen MR) is 56.4 cm³/mol. The molecule has 2 aromatic rings. The molecule has 0 spiro atoms. The van der Waals surface area contributed by atoms with Crippen LogP contribution in [0.25, 0.3) is 11.1 Å². The first-order valence-electron chi connectivity index (χ1n) is 4.67. The number of aromatic nitrogens is 1. The van der Waals surface area contributed by atoms with Crippen LogP contribution < -0.4 is 9.47 Å². The average molecular weight is 218 g/mol. The molecular formula is C11H10N2O3. The molecule has 0 aliphatic carbocycles. The highest BCUT2D eigenvalue weighted by Crippen LogP contribution is 2.32. The molecular weight excluding hydrogens is 208 g/mol. The number of ether oxygens (including phenoxy) is 2. The summed E-state index contributed by atoms with van der Waals surface area (Å²) in [6, 6.07) is 5.40. The first kappa shape index (κ1) is 10.3. The lowest BCUT2D eigenvalue weighted by atomic mass is 10.3. The number of oxazole rings is 1. The van der Waals surface area contributed by atoms with Crippen LogP contribution >= 0.6 is 0 Å². The third kappa shape index (κ3) is 1.65. The molecule has 82 valence electrons. The fraction of sp³-hybridized carbons (Fsp3) is 0.273. The van der Waals surface area contributed by atoms with Gasteiger partial charge in [0.2, 0.25) is 5.89 Å². The Bertz CT molecular complexity index is 513. The van der Waals surface area contributed by atoms with E-state index in [1.807, 2.05) is 6.07 Å². The van der Waals surface area contributed by atoms with Gasteiger partial charge in [0.1, 0.15) is 11.9 Å². The Morgan fingerprint density at radius 1 is 1.31 bits per heavy atom. The second kappa shape index (κ2) is 4.11. The van der Waals surface area contributed by atoms with E-state index in [1.54, 1.807) is 26.4 Å². The van der Waals surface area contributed by atoms with Gasteiger partial charge in [0.15, 0.2) is 17.1 Å². The van der Waals surface area contributed by atoms with E-state index >= 15 is 0 Å². The lowest BCUT2D eigenvalue weighted by Gasteiger charge is -2.05. The molecule has 16 heavy (non-hydrogen) atoms. The maximum Gasteiger partial charge on any atom is 0.209 e. The van der Waals surface area contributed by atoms with E-state index in [0.29, 0.717) is 28.5 Å². The second-order valence-electron chi connectivity index (χ2n) is 3.12. The Labute approximate surface area is 92.2 Å². The van der Waals surface area contributed by atoms with Crippen LogP contribution in [-0.4, -0.2) is 19.2 Å². The second-order valence-corrected chi connectivity index (χ2v) is 3.12. The van der Waals surface area contributed by atoms with Crippen LogP contribution in [-0.2, 0) is 6.42 Å². The summed E-state index contributed by atoms with van der Waals surface area (Å²) in [5.74, 6) is 1.56. The van der Waals surface area contributed by atoms with Gasteiger partial charge in [-0.1, -0.05) is 0 Å². The lowest BCUT2D eigenvalue weighted by Crippen LogP contribution is -1.89. The van der Waals surface area contributed by atoms with Crippen LogP contribution in [0.3, 0.4) is 0 Å². The SMILES string of the molecule is COc1cc2nc(CC#N)oc2cc1OC. The van der Waals surface area contributed by atoms with Gasteiger partial charge in [0.25, 0.3) is 0 Å². The van der Waals surface area contributed by atoms with Crippen LogP contribution in [0.2, 0.25) is 0 Å². The van der Waals surface area contributed by atoms with Crippen molar-refractivity contribution < 1.29 is 13.9 Å². The van der Waals surface area contributed by atoms with Crippen molar-refractivity contribution >= 4 is 11.1 Å². The molecule has 0 saturated heterocycles. The van der Waals surface area contributed by atoms with Gasteiger partial charge in [-0.05, 0) is 0 Å². The van der Waals surface area contributed by atoms with Crippen molar-refractivity contribution in [2.75, 3.05) is 14.2 Å². The summed E-state index contributed by atoms with van der Waals surface area (Å²) < 4.78 is 15.7. The minimum atomic E-state index is 0.152. The Kier molecular flexibility index (Phi) is 2.64. The fourth-order valence-corrected chi connectivity index (χ4v) is 1.45. The van der Waals surface area contributed by atoms with Gasteiger partial charge in [-0.3, -0.25) is 0 Å². The van der Waals surface area contributed by atoms with Crippen molar-refractivity contribution in [3.63, 3.8) is 0 Å². The largest absolute Gasteiger partial charge is 0.493 e. The van der Waals surface area contributed by atoms with Crippen LogP contribution in [0.4, 0.5) is 0 Å². The van der Waals surface area contributed by atoms with Crippen LogP contribution in [0, 0.1) is 11.3 Å². The Morgan fingerprint density at radius 3 is 2.62 bits per heavy atom. The molecule has 0 aliphatic heterocycles. The van der Waals surface area contributed by atoms with Gasteiger partial charge in [-0.2, -0.15) is 5.26 Å². The zero-order chi connectivity index (χ0) is 11.5. The van der Waals surface area contributed by atoms with Gasteiger partial charge in [0, 0.05) is 12.1 Å². The fourth-order valence-electron chi connectivity index (χ4n) is 1.45. The molecule has 0 bridgehead atoms. The normalized spacial score (nSPS) is 10.1. The molecule has 5 nitrogen and oxygen atoms in total. The zero-order valence-electron chi connectivity index (χ0n) is 8.98. The van der Waals surface area contributed by atoms with E-state index in [-0.39, 0.29) is 6.42 Å². The highest BCUT2D eigenvalue weighted by atomic mass is 16.5. The van der Waals surface area contributed by atoms with Crippen molar-refractivity contribution in [1.82, 2.24) is 4.98 Å². The molecule has 0 fully saturated rings. The summed E-state index contributed by atoms with van der Waals surface area (Å²) in [6.07, 6.45) is 0.152. The Morgan fingerprint density at radius 2 is 2.00 bits per heavy atom. The molecule has 0 amide bonds. The number of fused-ring (bicyclic) bond motifs is 1. The number of rotatable bonds is 3. The molecule has 0 radical (unpaired) electrons. The van der Waals surface area contributed by atoms with Gasteiger partial charge in [0.05, 0.1) is 20.3 Å². The Balaban J connectivity index is 2.56. The lowest BCUT2D eigenvalue weighted by molar-refractivity contribution is 0.355. The quantitative estimate of drug-likeness (QED) is 0.787. The monoisotopic (exact) mass is 218 g/mol. The minimum absolute atomic E-state index is 0.152. The minimum Gasteiger partial charge on any atom is -0.493 e. The number of nitrogens with zero attached hydrogens (tertiary/aromatic N) is 2. The highest BCUT2D eigenvalue weighted by Gasteiger charge is 2.11. The molecule has 5 heteroatoms. The first-order chi connectivity index (χ1) is 7.78. The van der Waals surface area contributed by atoms with Gasteiger partial charge in [-0.25, -0.2) is 4.98 Å². The molecule has 0 unspecified atom stereocenters. The molecule has 0 atom stereocenters. The summed E-state index contributed by atoms with van der Waals surface area (Å²) in [6.45, 7) is 0. The third-order valence-corrected chi connectivity index (χ3v) is 2.17. The number of methoxy groups -OCH3 is 2. The summed E-state index contributed by atoms with van der Waals surface area (Å²) >= 11 is 0. The predicted octanol–water partition coefficient (Wildman–Crippen LogP) is 1.91. The van der Waals surface area contributed by atoms with Gasteiger partial charge in [-0.15, -0.1) is 0 Å². The van der Waals surface area contributed by atoms with Crippen molar-refractivity contribution in [2.45, 2.75) is 6.42 Å². The molecule has 1 heterocycles. The smallest absolute Gasteiger partial charge is 0.209 e. The third-order valence-electron chi connectivity index (χ3n) is 2.17. The number of nitriles is 1. The zero-order valence-corrected chi connectivity index (χ0v) is 8.98. The number of hydrogen-bond acceptors (Lipinski definition) is 5. The molecule has 0 saturated carbocycles. The molecule has 1 aromatic heterocycles. The highest BCUT2D eigenvalue weighted by molar-refractivity contribution is 5.77. The van der Waals surface area contributed by atoms with Crippen LogP contribution in [0.1, 0.15) is 5.89 Å². The molecule has 2 rings (SSSR count). The van der Waals surface area contributed by atoms with Crippen molar-refractivity contribution in [2.24, 2.45) is 0 Å². The summed E-state index contributed by atoms with van der Waals surface area (Å²) in [5, 5.41) is 8.55. The van der Waals surface area contributed by atoms with Crippen LogP contribution in [0.15, 0.2) is 16.5 Å². The average Bonchev–Trinajstić information content (AvgIpc) is 2.68. The summed E-state index contributed by atoms with van der Waals surface area (Å²) in [7, 11) is 3.11. The van der Waals surface area contributed by atoms with Crippen molar-refractivity contribution in [1.29, 1.82) is 5.26 Å². The van der Waals surface area contributed by atoms with E-state index in [1.165, 1.54) is 0 Å². The van der Waals surface area contributed by atoms with E-state index in [4.69, 9.17) is 19.2 Å². The van der Waals surface area contributed by atoms with E-state index in [9.17, 15) is 0 Å². The van der Waals surface area contributed by atoms with E-state index in [0.717, 1.165) is 0 Å². The standard InChI is InChI=1S/C11H10N2O3/c1-14-9-5-7-8(6-10(9)15-2)16-11(13-7)3-4-12/h5-6H,3H2,1-2H3. The topological polar surface area (TPSA) is 68.3 Å². The molecule has 0 aliphatic rings. The summed E-state index contributed by atoms with van der Waals surface area (Å²) in [5.41, 5.74) is 1.24. The maximum absolute atomic E-state index is 8.55. The number of hydrogen-bond donors (Lipinski definition) is 0. The molecule has 0 N–H and O–H groups in total. The van der Waals surface area contributed by atoms with Gasteiger partial charge < -0.3 is 13.9 Å². The maximum atomic E-state index is 8.55. The van der Waals surface area contributed by atoms with Gasteiger partial charge >= 0.3 is 0 Å². The van der Waals surface area contributed by atoms with Crippen LogP contribution in [0.5, 0.6) is 11.5 Å². The van der Waals surface area contributed by atoms with E-state index < -0.39 is 0 Å². The van der Waals surface area contributed by atoms with Crippen molar-refractivity contribution in [3.8, 4) is 17.6 Å². The summed E-state index contributed by atoms with van der Waals surface area (Å²) in [4.78, 5) is 4.16. The first-order valence-corrected chi connectivity index (χ1v) is 4.67.